The Morgan fingerprint density at radius 1 is 1.39 bits per heavy atom. The lowest BCUT2D eigenvalue weighted by molar-refractivity contribution is -0.123. The Morgan fingerprint density at radius 3 is 2.61 bits per heavy atom. The van der Waals surface area contributed by atoms with Gasteiger partial charge in [-0.25, -0.2) is 9.48 Å². The maximum atomic E-state index is 11.9. The van der Waals surface area contributed by atoms with Gasteiger partial charge >= 0.3 is 5.97 Å². The maximum absolute atomic E-state index is 11.9. The molecule has 0 aliphatic carbocycles. The lowest BCUT2D eigenvalue weighted by atomic mass is 10.0. The lowest BCUT2D eigenvalue weighted by Crippen LogP contribution is -2.25. The fourth-order valence-electron chi connectivity index (χ4n) is 1.69. The van der Waals surface area contributed by atoms with Crippen molar-refractivity contribution in [2.75, 3.05) is 6.61 Å². The quantitative estimate of drug-likeness (QED) is 0.736. The third-order valence-corrected chi connectivity index (χ3v) is 2.88. The fraction of sp³-hybridized carbons (Fsp3) is 0.143. The molecule has 0 bridgehead atoms. The van der Waals surface area contributed by atoms with Gasteiger partial charge in [0.2, 0.25) is 0 Å². The number of nitrogens with two attached hydrogens (primary N) is 1. The van der Waals surface area contributed by atoms with Gasteiger partial charge in [0.25, 0.3) is 0 Å². The zero-order chi connectivity index (χ0) is 16.8. The fourth-order valence-corrected chi connectivity index (χ4v) is 1.69. The summed E-state index contributed by atoms with van der Waals surface area (Å²) in [5.74, 6) is -2.51. The van der Waals surface area contributed by atoms with E-state index in [2.05, 4.69) is 22.1 Å². The maximum Gasteiger partial charge on any atom is 0.338 e. The van der Waals surface area contributed by atoms with E-state index in [1.54, 1.807) is 18.2 Å². The number of ether oxygens (including phenoxy) is 1. The van der Waals surface area contributed by atoms with E-state index in [0.717, 1.165) is 0 Å². The molecule has 0 radical (unpaired) electrons. The second kappa shape index (κ2) is 6.95. The van der Waals surface area contributed by atoms with Crippen molar-refractivity contribution >= 4 is 11.8 Å². The van der Waals surface area contributed by atoms with Gasteiger partial charge in [-0.2, -0.15) is 5.26 Å². The molecule has 0 aliphatic rings. The molecule has 1 atom stereocenters. The van der Waals surface area contributed by atoms with E-state index in [1.807, 2.05) is 0 Å². The van der Waals surface area contributed by atoms with E-state index >= 15 is 0 Å². The number of tetrazole rings is 1. The number of allylic oxidation sites excluding steroid dienone is 1. The molecular weight excluding hydrogens is 300 g/mol. The largest absolute Gasteiger partial charge is 0.454 e. The number of carbonyl (C=O) groups is 2. The standard InChI is InChI=1S/C14H12N6O3/c1-9(16)12(6-15)13(21)7-23-14(22)10-2-4-11(5-3-10)20-8-17-18-19-20/h2-5,8,12H,1,7,16H2/t12-/m1/s1. The Hall–Kier alpha value is -3.54. The molecule has 1 heterocycles. The van der Waals surface area contributed by atoms with Crippen LogP contribution in [0, 0.1) is 17.2 Å². The summed E-state index contributed by atoms with van der Waals surface area (Å²) >= 11 is 0. The Bertz CT molecular complexity index is 761. The van der Waals surface area contributed by atoms with Crippen molar-refractivity contribution in [1.82, 2.24) is 20.2 Å². The van der Waals surface area contributed by atoms with Crippen molar-refractivity contribution < 1.29 is 14.3 Å². The van der Waals surface area contributed by atoms with E-state index < -0.39 is 24.3 Å². The second-order valence-electron chi connectivity index (χ2n) is 4.48. The van der Waals surface area contributed by atoms with E-state index in [4.69, 9.17) is 15.7 Å². The van der Waals surface area contributed by atoms with Gasteiger partial charge < -0.3 is 10.5 Å². The molecule has 0 aliphatic heterocycles. The number of nitrogens with zero attached hydrogens (tertiary/aromatic N) is 5. The summed E-state index contributed by atoms with van der Waals surface area (Å²) in [6.45, 7) is 2.79. The van der Waals surface area contributed by atoms with Gasteiger partial charge in [0.1, 0.15) is 12.2 Å². The van der Waals surface area contributed by atoms with Gasteiger partial charge in [-0.1, -0.05) is 6.58 Å². The van der Waals surface area contributed by atoms with Crippen LogP contribution >= 0.6 is 0 Å². The average molecular weight is 312 g/mol. The van der Waals surface area contributed by atoms with E-state index in [-0.39, 0.29) is 11.3 Å². The predicted molar refractivity (Wildman–Crippen MR) is 76.9 cm³/mol. The molecule has 2 rings (SSSR count). The molecule has 9 nitrogen and oxygen atoms in total. The number of hydrogen-bond acceptors (Lipinski definition) is 8. The normalized spacial score (nSPS) is 11.3. The summed E-state index contributed by atoms with van der Waals surface area (Å²) in [6, 6.07) is 7.96. The van der Waals surface area contributed by atoms with Crippen molar-refractivity contribution in [3.8, 4) is 11.8 Å². The first kappa shape index (κ1) is 15.8. The first-order chi connectivity index (χ1) is 11.0. The highest BCUT2D eigenvalue weighted by molar-refractivity contribution is 5.93. The van der Waals surface area contributed by atoms with Crippen LogP contribution in [0.1, 0.15) is 10.4 Å². The molecule has 0 unspecified atom stereocenters. The zero-order valence-electron chi connectivity index (χ0n) is 11.9. The lowest BCUT2D eigenvalue weighted by Gasteiger charge is -2.08. The van der Waals surface area contributed by atoms with Crippen LogP contribution in [0.4, 0.5) is 0 Å². The SMILES string of the molecule is C=C(N)[C@@H](C#N)C(=O)COC(=O)c1ccc(-n2cnnn2)cc1. The van der Waals surface area contributed by atoms with Crippen LogP contribution in [0.2, 0.25) is 0 Å². The highest BCUT2D eigenvalue weighted by Gasteiger charge is 2.21. The summed E-state index contributed by atoms with van der Waals surface area (Å²) in [5, 5.41) is 19.5. The topological polar surface area (TPSA) is 137 Å². The van der Waals surface area contributed by atoms with Crippen LogP contribution in [0.15, 0.2) is 42.9 Å². The van der Waals surface area contributed by atoms with Crippen molar-refractivity contribution in [3.05, 3.63) is 48.4 Å². The smallest absolute Gasteiger partial charge is 0.338 e. The summed E-state index contributed by atoms with van der Waals surface area (Å²) in [5.41, 5.74) is 6.15. The Morgan fingerprint density at radius 2 is 2.09 bits per heavy atom. The summed E-state index contributed by atoms with van der Waals surface area (Å²) in [4.78, 5) is 23.6. The highest BCUT2D eigenvalue weighted by atomic mass is 16.5. The molecule has 9 heteroatoms. The van der Waals surface area contributed by atoms with Gasteiger partial charge in [-0.15, -0.1) is 5.10 Å². The van der Waals surface area contributed by atoms with Gasteiger partial charge in [0.15, 0.2) is 12.4 Å². The number of nitriles is 1. The molecule has 2 N–H and O–H groups in total. The number of rotatable bonds is 6. The Kier molecular flexibility index (Phi) is 4.79. The van der Waals surface area contributed by atoms with Crippen LogP contribution in [0.3, 0.4) is 0 Å². The molecule has 0 spiro atoms. The van der Waals surface area contributed by atoms with Gasteiger partial charge in [0, 0.05) is 5.70 Å². The monoisotopic (exact) mass is 312 g/mol. The number of carbonyl (C=O) groups excluding carboxylic acids is 2. The summed E-state index contributed by atoms with van der Waals surface area (Å²) in [6.07, 6.45) is 1.41. The van der Waals surface area contributed by atoms with E-state index in [9.17, 15) is 9.59 Å². The van der Waals surface area contributed by atoms with Crippen molar-refractivity contribution in [3.63, 3.8) is 0 Å². The van der Waals surface area contributed by atoms with Crippen molar-refractivity contribution in [2.24, 2.45) is 11.7 Å². The van der Waals surface area contributed by atoms with Crippen molar-refractivity contribution in [1.29, 1.82) is 5.26 Å². The third kappa shape index (κ3) is 3.76. The number of benzene rings is 1. The molecule has 23 heavy (non-hydrogen) atoms. The second-order valence-corrected chi connectivity index (χ2v) is 4.48. The van der Waals surface area contributed by atoms with Gasteiger partial charge in [0.05, 0.1) is 17.3 Å². The number of hydrogen-bond donors (Lipinski definition) is 1. The number of esters is 1. The average Bonchev–Trinajstić information content (AvgIpc) is 3.07. The molecule has 1 aromatic heterocycles. The van der Waals surface area contributed by atoms with Crippen LogP contribution in [0.5, 0.6) is 0 Å². The van der Waals surface area contributed by atoms with Crippen LogP contribution in [0.25, 0.3) is 5.69 Å². The molecular formula is C14H12N6O3. The predicted octanol–water partition coefficient (Wildman–Crippen LogP) is 0.000380. The molecule has 1 aromatic carbocycles. The minimum atomic E-state index is -1.19. The third-order valence-electron chi connectivity index (χ3n) is 2.88. The van der Waals surface area contributed by atoms with Crippen LogP contribution in [-0.2, 0) is 9.53 Å². The minimum Gasteiger partial charge on any atom is -0.454 e. The van der Waals surface area contributed by atoms with E-state index in [0.29, 0.717) is 5.69 Å². The molecule has 0 saturated heterocycles. The van der Waals surface area contributed by atoms with E-state index in [1.165, 1.54) is 23.1 Å². The van der Waals surface area contributed by atoms with Crippen molar-refractivity contribution in [2.45, 2.75) is 0 Å². The van der Waals surface area contributed by atoms with Gasteiger partial charge in [-0.3, -0.25) is 4.79 Å². The number of Topliss-reactive ketones (excluding diaryl/α,β-unsaturated/α-hetero) is 1. The first-order valence-corrected chi connectivity index (χ1v) is 6.40. The summed E-state index contributed by atoms with van der Waals surface area (Å²) < 4.78 is 6.29. The number of ketones is 1. The first-order valence-electron chi connectivity index (χ1n) is 6.40. The molecule has 2 aromatic rings. The van der Waals surface area contributed by atoms with Crippen LogP contribution < -0.4 is 5.73 Å². The molecule has 0 amide bonds. The number of aromatic nitrogens is 4. The highest BCUT2D eigenvalue weighted by Crippen LogP contribution is 2.10. The zero-order valence-corrected chi connectivity index (χ0v) is 11.9. The van der Waals surface area contributed by atoms with Gasteiger partial charge in [-0.05, 0) is 34.7 Å². The molecule has 116 valence electrons. The van der Waals surface area contributed by atoms with Crippen LogP contribution in [-0.4, -0.2) is 38.6 Å². The summed E-state index contributed by atoms with van der Waals surface area (Å²) in [7, 11) is 0. The molecule has 0 saturated carbocycles. The minimum absolute atomic E-state index is 0.0839. The molecule has 0 fully saturated rings. The Balaban J connectivity index is 1.97. The Labute approximate surface area is 131 Å².